The van der Waals surface area contributed by atoms with Crippen molar-refractivity contribution in [3.05, 3.63) is 27.7 Å². The molecule has 0 aromatic heterocycles. The summed E-state index contributed by atoms with van der Waals surface area (Å²) in [6, 6.07) is 6.10. The van der Waals surface area contributed by atoms with Crippen LogP contribution in [-0.2, 0) is 4.74 Å². The summed E-state index contributed by atoms with van der Waals surface area (Å²) >= 11 is 9.51. The third-order valence-electron chi connectivity index (χ3n) is 3.27. The van der Waals surface area contributed by atoms with Gasteiger partial charge in [-0.25, -0.2) is 0 Å². The van der Waals surface area contributed by atoms with Gasteiger partial charge in [-0.05, 0) is 31.0 Å². The van der Waals surface area contributed by atoms with Crippen LogP contribution in [0.1, 0.15) is 26.7 Å². The van der Waals surface area contributed by atoms with Crippen LogP contribution in [0.5, 0.6) is 5.75 Å². The van der Waals surface area contributed by atoms with Gasteiger partial charge in [-0.15, -0.1) is 0 Å². The van der Waals surface area contributed by atoms with Gasteiger partial charge in [0.25, 0.3) is 0 Å². The van der Waals surface area contributed by atoms with Crippen molar-refractivity contribution in [1.29, 1.82) is 0 Å². The van der Waals surface area contributed by atoms with E-state index in [-0.39, 0.29) is 6.10 Å². The number of hydrogen-bond donors (Lipinski definition) is 1. The Kier molecular flexibility index (Phi) is 6.15. The summed E-state index contributed by atoms with van der Waals surface area (Å²) in [6.45, 7) is 5.75. The molecule has 1 saturated heterocycles. The van der Waals surface area contributed by atoms with Gasteiger partial charge in [-0.3, -0.25) is 0 Å². The zero-order chi connectivity index (χ0) is 14.5. The van der Waals surface area contributed by atoms with E-state index < -0.39 is 0 Å². The molecule has 0 amide bonds. The molecule has 0 bridgehead atoms. The van der Waals surface area contributed by atoms with E-state index in [1.165, 1.54) is 0 Å². The highest BCUT2D eigenvalue weighted by molar-refractivity contribution is 9.10. The Balaban J connectivity index is 1.76. The SMILES string of the molecule is CC(C)NCC1CCC(COc2cc(Br)ccc2Cl)O1. The fourth-order valence-electron chi connectivity index (χ4n) is 2.19. The molecular formula is C15H21BrClNO2. The van der Waals surface area contributed by atoms with Gasteiger partial charge in [-0.1, -0.05) is 41.4 Å². The smallest absolute Gasteiger partial charge is 0.139 e. The lowest BCUT2D eigenvalue weighted by Crippen LogP contribution is -2.32. The Morgan fingerprint density at radius 1 is 1.40 bits per heavy atom. The molecule has 1 N–H and O–H groups in total. The molecule has 1 heterocycles. The van der Waals surface area contributed by atoms with E-state index in [1.807, 2.05) is 18.2 Å². The van der Waals surface area contributed by atoms with Crippen molar-refractivity contribution in [1.82, 2.24) is 5.32 Å². The highest BCUT2D eigenvalue weighted by atomic mass is 79.9. The molecule has 1 aromatic rings. The number of nitrogens with one attached hydrogen (secondary N) is 1. The van der Waals surface area contributed by atoms with Crippen molar-refractivity contribution < 1.29 is 9.47 Å². The predicted octanol–water partition coefficient (Wildman–Crippen LogP) is 4.03. The molecule has 1 fully saturated rings. The van der Waals surface area contributed by atoms with Gasteiger partial charge in [0, 0.05) is 17.1 Å². The van der Waals surface area contributed by atoms with Crippen molar-refractivity contribution in [3.63, 3.8) is 0 Å². The summed E-state index contributed by atoms with van der Waals surface area (Å²) < 4.78 is 12.7. The first-order chi connectivity index (χ1) is 9.54. The first-order valence-electron chi connectivity index (χ1n) is 7.01. The summed E-state index contributed by atoms with van der Waals surface area (Å²) in [5.41, 5.74) is 0. The summed E-state index contributed by atoms with van der Waals surface area (Å²) in [6.07, 6.45) is 2.57. The molecule has 112 valence electrons. The predicted molar refractivity (Wildman–Crippen MR) is 85.7 cm³/mol. The molecule has 1 aliphatic heterocycles. The van der Waals surface area contributed by atoms with Crippen LogP contribution in [0.15, 0.2) is 22.7 Å². The third kappa shape index (κ3) is 4.92. The van der Waals surface area contributed by atoms with E-state index in [2.05, 4.69) is 35.1 Å². The Hall–Kier alpha value is -0.290. The maximum atomic E-state index is 6.10. The van der Waals surface area contributed by atoms with Gasteiger partial charge in [0.1, 0.15) is 12.4 Å². The Bertz CT molecular complexity index is 442. The Morgan fingerprint density at radius 3 is 2.90 bits per heavy atom. The zero-order valence-corrected chi connectivity index (χ0v) is 14.2. The minimum Gasteiger partial charge on any atom is -0.489 e. The minimum atomic E-state index is 0.156. The lowest BCUT2D eigenvalue weighted by atomic mass is 10.2. The van der Waals surface area contributed by atoms with Gasteiger partial charge < -0.3 is 14.8 Å². The van der Waals surface area contributed by atoms with Crippen LogP contribution in [0.2, 0.25) is 5.02 Å². The lowest BCUT2D eigenvalue weighted by molar-refractivity contribution is 0.0179. The van der Waals surface area contributed by atoms with Gasteiger partial charge in [0.05, 0.1) is 17.2 Å². The van der Waals surface area contributed by atoms with Gasteiger partial charge in [0.15, 0.2) is 0 Å². The summed E-state index contributed by atoms with van der Waals surface area (Å²) in [5.74, 6) is 0.702. The molecule has 0 saturated carbocycles. The summed E-state index contributed by atoms with van der Waals surface area (Å²) in [5, 5.41) is 4.03. The second-order valence-electron chi connectivity index (χ2n) is 5.41. The average molecular weight is 363 g/mol. The molecule has 20 heavy (non-hydrogen) atoms. The molecule has 2 rings (SSSR count). The van der Waals surface area contributed by atoms with Crippen LogP contribution in [-0.4, -0.2) is 31.4 Å². The number of ether oxygens (including phenoxy) is 2. The quantitative estimate of drug-likeness (QED) is 0.829. The van der Waals surface area contributed by atoms with Crippen LogP contribution in [0.25, 0.3) is 0 Å². The number of rotatable bonds is 6. The second kappa shape index (κ2) is 7.64. The largest absolute Gasteiger partial charge is 0.489 e. The van der Waals surface area contributed by atoms with Gasteiger partial charge in [-0.2, -0.15) is 0 Å². The standard InChI is InChI=1S/C15H21BrClNO2/c1-10(2)18-8-12-4-5-13(20-12)9-19-15-7-11(16)3-6-14(15)17/h3,6-7,10,12-13,18H,4-5,8-9H2,1-2H3. The van der Waals surface area contributed by atoms with Gasteiger partial charge in [0.2, 0.25) is 0 Å². The Morgan fingerprint density at radius 2 is 2.15 bits per heavy atom. The van der Waals surface area contributed by atoms with E-state index in [4.69, 9.17) is 21.1 Å². The number of halogens is 2. The molecule has 2 atom stereocenters. The maximum absolute atomic E-state index is 6.10. The molecule has 5 heteroatoms. The van der Waals surface area contributed by atoms with E-state index in [0.717, 1.165) is 23.9 Å². The van der Waals surface area contributed by atoms with E-state index >= 15 is 0 Å². The molecule has 3 nitrogen and oxygen atoms in total. The second-order valence-corrected chi connectivity index (χ2v) is 6.73. The highest BCUT2D eigenvalue weighted by Crippen LogP contribution is 2.29. The minimum absolute atomic E-state index is 0.156. The van der Waals surface area contributed by atoms with E-state index in [1.54, 1.807) is 0 Å². The monoisotopic (exact) mass is 361 g/mol. The van der Waals surface area contributed by atoms with Crippen molar-refractivity contribution in [2.75, 3.05) is 13.2 Å². The molecule has 1 aliphatic rings. The first-order valence-corrected chi connectivity index (χ1v) is 8.18. The number of benzene rings is 1. The van der Waals surface area contributed by atoms with Crippen molar-refractivity contribution >= 4 is 27.5 Å². The zero-order valence-electron chi connectivity index (χ0n) is 11.9. The molecule has 2 unspecified atom stereocenters. The van der Waals surface area contributed by atoms with Crippen molar-refractivity contribution in [2.24, 2.45) is 0 Å². The van der Waals surface area contributed by atoms with Crippen LogP contribution < -0.4 is 10.1 Å². The normalized spacial score (nSPS) is 22.4. The molecule has 0 aliphatic carbocycles. The van der Waals surface area contributed by atoms with Crippen LogP contribution in [0.3, 0.4) is 0 Å². The summed E-state index contributed by atoms with van der Waals surface area (Å²) in [4.78, 5) is 0. The van der Waals surface area contributed by atoms with E-state index in [0.29, 0.717) is 29.5 Å². The third-order valence-corrected chi connectivity index (χ3v) is 4.07. The fraction of sp³-hybridized carbons (Fsp3) is 0.600. The van der Waals surface area contributed by atoms with Crippen molar-refractivity contribution in [2.45, 2.75) is 44.9 Å². The molecular weight excluding hydrogens is 342 g/mol. The maximum Gasteiger partial charge on any atom is 0.139 e. The van der Waals surface area contributed by atoms with Crippen LogP contribution in [0.4, 0.5) is 0 Å². The molecule has 0 spiro atoms. The Labute approximate surface area is 134 Å². The highest BCUT2D eigenvalue weighted by Gasteiger charge is 2.25. The molecule has 1 aromatic carbocycles. The summed E-state index contributed by atoms with van der Waals surface area (Å²) in [7, 11) is 0. The lowest BCUT2D eigenvalue weighted by Gasteiger charge is -2.17. The van der Waals surface area contributed by atoms with Crippen molar-refractivity contribution in [3.8, 4) is 5.75 Å². The van der Waals surface area contributed by atoms with E-state index in [9.17, 15) is 0 Å². The van der Waals surface area contributed by atoms with Gasteiger partial charge >= 0.3 is 0 Å². The van der Waals surface area contributed by atoms with Crippen LogP contribution >= 0.6 is 27.5 Å². The average Bonchev–Trinajstić information content (AvgIpc) is 2.85. The number of hydrogen-bond acceptors (Lipinski definition) is 3. The topological polar surface area (TPSA) is 30.5 Å². The first kappa shape index (κ1) is 16.1. The molecule has 0 radical (unpaired) electrons. The fourth-order valence-corrected chi connectivity index (χ4v) is 2.70. The van der Waals surface area contributed by atoms with Crippen LogP contribution in [0, 0.1) is 0 Å².